The third-order valence-electron chi connectivity index (χ3n) is 9.89. The van der Waals surface area contributed by atoms with E-state index in [0.29, 0.717) is 31.7 Å². The number of nitrogens with one attached hydrogen (secondary N) is 2. The molecule has 1 aromatic heterocycles. The standard InChI is InChI=1S/C34H55N5O6/c1-6-20(4)30(36)33(43)39-18-26-29(34(44)45-5)28(32(42)25-13-10-14-37-25)23(17-38-26)31(41)22(19(2)3)16-27(40)24(35)15-21-11-8-7-9-12-21/h17,19-22,24-25,27,30,37,40H,6-16,18,35-36H2,1-5H3,(H,39,43)/t20-,22?,24-,25-,27-,30-/m0/s1. The number of nitrogens with two attached hydrogens (primary N) is 2. The quantitative estimate of drug-likeness (QED) is 0.134. The molecule has 1 amide bonds. The minimum Gasteiger partial charge on any atom is -0.465 e. The lowest BCUT2D eigenvalue weighted by atomic mass is 9.78. The number of carbonyl (C=O) groups excluding carboxylic acids is 4. The summed E-state index contributed by atoms with van der Waals surface area (Å²) in [6.45, 7) is 8.05. The molecular weight excluding hydrogens is 574 g/mol. The molecule has 0 aromatic carbocycles. The molecule has 1 unspecified atom stereocenters. The number of esters is 1. The molecule has 7 N–H and O–H groups in total. The lowest BCUT2D eigenvalue weighted by Crippen LogP contribution is -2.44. The maximum absolute atomic E-state index is 14.3. The molecule has 0 spiro atoms. The number of aromatic nitrogens is 1. The van der Waals surface area contributed by atoms with Gasteiger partial charge < -0.3 is 31.9 Å². The summed E-state index contributed by atoms with van der Waals surface area (Å²) in [5.41, 5.74) is 12.5. The van der Waals surface area contributed by atoms with Gasteiger partial charge >= 0.3 is 5.97 Å². The van der Waals surface area contributed by atoms with E-state index in [-0.39, 0.29) is 53.0 Å². The van der Waals surface area contributed by atoms with Crippen molar-refractivity contribution in [3.63, 3.8) is 0 Å². The van der Waals surface area contributed by atoms with E-state index in [1.807, 2.05) is 27.7 Å². The molecule has 0 bridgehead atoms. The summed E-state index contributed by atoms with van der Waals surface area (Å²) in [4.78, 5) is 58.9. The number of hydrogen-bond acceptors (Lipinski definition) is 10. The van der Waals surface area contributed by atoms with Crippen LogP contribution in [0.25, 0.3) is 0 Å². The Morgan fingerprint density at radius 1 is 1.07 bits per heavy atom. The van der Waals surface area contributed by atoms with Gasteiger partial charge in [-0.05, 0) is 50.0 Å². The number of Topliss-reactive ketones (excluding diaryl/α,β-unsaturated/α-hetero) is 2. The monoisotopic (exact) mass is 629 g/mol. The maximum atomic E-state index is 14.3. The number of aliphatic hydroxyl groups excluding tert-OH is 1. The Labute approximate surface area is 268 Å². The molecule has 0 radical (unpaired) electrons. The van der Waals surface area contributed by atoms with Gasteiger partial charge in [0.1, 0.15) is 0 Å². The van der Waals surface area contributed by atoms with E-state index in [1.165, 1.54) is 32.6 Å². The molecule has 252 valence electrons. The lowest BCUT2D eigenvalue weighted by molar-refractivity contribution is -0.123. The van der Waals surface area contributed by atoms with E-state index in [0.717, 1.165) is 19.3 Å². The number of nitrogens with zero attached hydrogens (tertiary/aromatic N) is 1. The highest BCUT2D eigenvalue weighted by Crippen LogP contribution is 2.32. The Hall–Kier alpha value is -2.73. The second kappa shape index (κ2) is 17.3. The van der Waals surface area contributed by atoms with Gasteiger partial charge in [0.05, 0.1) is 43.1 Å². The molecule has 11 nitrogen and oxygen atoms in total. The van der Waals surface area contributed by atoms with Crippen LogP contribution in [0.5, 0.6) is 0 Å². The fraction of sp³-hybridized carbons (Fsp3) is 0.735. The van der Waals surface area contributed by atoms with Gasteiger partial charge in [0.15, 0.2) is 11.6 Å². The molecule has 1 aromatic rings. The van der Waals surface area contributed by atoms with Crippen molar-refractivity contribution < 1.29 is 29.0 Å². The van der Waals surface area contributed by atoms with Crippen molar-refractivity contribution in [3.05, 3.63) is 28.6 Å². The fourth-order valence-electron chi connectivity index (χ4n) is 6.61. The third-order valence-corrected chi connectivity index (χ3v) is 9.89. The number of aliphatic hydroxyl groups is 1. The van der Waals surface area contributed by atoms with Crippen LogP contribution in [-0.2, 0) is 16.1 Å². The maximum Gasteiger partial charge on any atom is 0.340 e. The zero-order valence-corrected chi connectivity index (χ0v) is 27.8. The summed E-state index contributed by atoms with van der Waals surface area (Å²) in [7, 11) is 1.20. The van der Waals surface area contributed by atoms with E-state index >= 15 is 0 Å². The van der Waals surface area contributed by atoms with Crippen molar-refractivity contribution in [3.8, 4) is 0 Å². The number of carbonyl (C=O) groups is 4. The molecule has 2 heterocycles. The second-order valence-corrected chi connectivity index (χ2v) is 13.4. The van der Waals surface area contributed by atoms with Gasteiger partial charge in [0, 0.05) is 29.3 Å². The van der Waals surface area contributed by atoms with Crippen LogP contribution in [0.1, 0.15) is 129 Å². The van der Waals surface area contributed by atoms with Crippen LogP contribution in [0.3, 0.4) is 0 Å². The van der Waals surface area contributed by atoms with Gasteiger partial charge in [-0.2, -0.15) is 0 Å². The summed E-state index contributed by atoms with van der Waals surface area (Å²) in [5.74, 6) is -2.49. The van der Waals surface area contributed by atoms with Crippen LogP contribution in [0.2, 0.25) is 0 Å². The van der Waals surface area contributed by atoms with Gasteiger partial charge in [-0.3, -0.25) is 19.4 Å². The molecule has 6 atom stereocenters. The van der Waals surface area contributed by atoms with Crippen molar-refractivity contribution in [1.29, 1.82) is 0 Å². The number of ether oxygens (including phenoxy) is 1. The van der Waals surface area contributed by atoms with Crippen LogP contribution in [0, 0.1) is 23.7 Å². The molecule has 2 fully saturated rings. The first-order valence-corrected chi connectivity index (χ1v) is 16.8. The van der Waals surface area contributed by atoms with Crippen molar-refractivity contribution >= 4 is 23.4 Å². The molecule has 45 heavy (non-hydrogen) atoms. The van der Waals surface area contributed by atoms with Gasteiger partial charge in [-0.25, -0.2) is 4.79 Å². The van der Waals surface area contributed by atoms with E-state index in [1.54, 1.807) is 0 Å². The van der Waals surface area contributed by atoms with Crippen molar-refractivity contribution in [2.75, 3.05) is 13.7 Å². The Bertz CT molecular complexity index is 1180. The molecule has 2 aliphatic rings. The summed E-state index contributed by atoms with van der Waals surface area (Å²) >= 11 is 0. The highest BCUT2D eigenvalue weighted by Gasteiger charge is 2.37. The van der Waals surface area contributed by atoms with Gasteiger partial charge in [-0.15, -0.1) is 0 Å². The van der Waals surface area contributed by atoms with E-state index in [4.69, 9.17) is 16.2 Å². The highest BCUT2D eigenvalue weighted by molar-refractivity contribution is 6.16. The Balaban J connectivity index is 1.99. The Morgan fingerprint density at radius 3 is 2.33 bits per heavy atom. The SMILES string of the molecule is CC[C@H](C)[C@H](N)C(=O)NCc1ncc(C(=O)C(C[C@H](O)[C@@H](N)CC2CCCCC2)C(C)C)c(C(=O)[C@@H]2CCCN2)c1C(=O)OC. The van der Waals surface area contributed by atoms with Crippen LogP contribution in [0.15, 0.2) is 6.20 Å². The van der Waals surface area contributed by atoms with Crippen LogP contribution in [-0.4, -0.2) is 71.4 Å². The number of hydrogen-bond donors (Lipinski definition) is 5. The van der Waals surface area contributed by atoms with Crippen LogP contribution >= 0.6 is 0 Å². The summed E-state index contributed by atoms with van der Waals surface area (Å²) in [6.07, 6.45) is 9.05. The third kappa shape index (κ3) is 9.40. The average Bonchev–Trinajstić information content (AvgIpc) is 3.59. The first-order valence-electron chi connectivity index (χ1n) is 16.8. The van der Waals surface area contributed by atoms with Crippen molar-refractivity contribution in [2.24, 2.45) is 35.1 Å². The molecule has 3 rings (SSSR count). The van der Waals surface area contributed by atoms with E-state index in [2.05, 4.69) is 15.6 Å². The van der Waals surface area contributed by atoms with E-state index in [9.17, 15) is 24.3 Å². The average molecular weight is 630 g/mol. The zero-order chi connectivity index (χ0) is 33.3. The molecule has 1 aliphatic carbocycles. The van der Waals surface area contributed by atoms with Crippen LogP contribution in [0.4, 0.5) is 0 Å². The highest BCUT2D eigenvalue weighted by atomic mass is 16.5. The summed E-state index contributed by atoms with van der Waals surface area (Å²) in [5, 5.41) is 17.1. The summed E-state index contributed by atoms with van der Waals surface area (Å²) in [6, 6.07) is -1.82. The largest absolute Gasteiger partial charge is 0.465 e. The minimum absolute atomic E-state index is 0.00670. The molecule has 1 saturated heterocycles. The number of rotatable bonds is 16. The molecule has 11 heteroatoms. The van der Waals surface area contributed by atoms with Crippen LogP contribution < -0.4 is 22.1 Å². The predicted octanol–water partition coefficient (Wildman–Crippen LogP) is 3.30. The Morgan fingerprint density at radius 2 is 1.76 bits per heavy atom. The number of amides is 1. The van der Waals surface area contributed by atoms with E-state index < -0.39 is 47.8 Å². The van der Waals surface area contributed by atoms with Crippen molar-refractivity contribution in [2.45, 2.75) is 123 Å². The fourth-order valence-corrected chi connectivity index (χ4v) is 6.61. The number of pyridine rings is 1. The number of ketones is 2. The predicted molar refractivity (Wildman–Crippen MR) is 173 cm³/mol. The molecule has 1 aliphatic heterocycles. The molecular formula is C34H55N5O6. The Kier molecular flexibility index (Phi) is 14.1. The lowest BCUT2D eigenvalue weighted by Gasteiger charge is -2.30. The zero-order valence-electron chi connectivity index (χ0n) is 27.8. The topological polar surface area (TPSA) is 187 Å². The first-order chi connectivity index (χ1) is 21.4. The number of methoxy groups -OCH3 is 1. The summed E-state index contributed by atoms with van der Waals surface area (Å²) < 4.78 is 5.09. The first kappa shape index (κ1) is 36.7. The van der Waals surface area contributed by atoms with Gasteiger partial charge in [0.25, 0.3) is 0 Å². The normalized spacial score (nSPS) is 20.7. The minimum atomic E-state index is -0.906. The van der Waals surface area contributed by atoms with Gasteiger partial charge in [-0.1, -0.05) is 66.2 Å². The van der Waals surface area contributed by atoms with Crippen molar-refractivity contribution in [1.82, 2.24) is 15.6 Å². The molecule has 1 saturated carbocycles. The van der Waals surface area contributed by atoms with Gasteiger partial charge in [0.2, 0.25) is 5.91 Å². The smallest absolute Gasteiger partial charge is 0.340 e. The second-order valence-electron chi connectivity index (χ2n) is 13.4.